The largest absolute Gasteiger partial charge is 0 e. The summed E-state index contributed by atoms with van der Waals surface area (Å²) in [6.07, 6.45) is 0. The molecule has 1 aromatic rings. The first-order chi connectivity index (χ1) is 12.1. The standard InChI is InChI=1S/C13H14NP.5CO.W/c1-13(2,3)12-11(15(12)9-14)10-7-5-4-6-8-10;5*1-2;/h4-8H,1-3H3;;;;;;/t15-;;;;;;/m0....../s1. The molecule has 0 bridgehead atoms. The van der Waals surface area contributed by atoms with Crippen molar-refractivity contribution in [1.29, 1.82) is 5.26 Å². The molecule has 132 valence electrons. The van der Waals surface area contributed by atoms with Crippen LogP contribution in [-0.2, 0) is 44.3 Å². The Kier molecular flexibility index (Phi) is 31.7. The molecule has 0 spiro atoms. The molecule has 6 nitrogen and oxygen atoms in total. The molecule has 0 aliphatic carbocycles. The van der Waals surface area contributed by atoms with Gasteiger partial charge in [0.1, 0.15) is 0 Å². The molecule has 1 heterocycles. The second-order valence-corrected chi connectivity index (χ2v) is 6.51. The van der Waals surface area contributed by atoms with Crippen LogP contribution in [0.5, 0.6) is 0 Å². The Morgan fingerprint density at radius 2 is 1.15 bits per heavy atom. The first-order valence-corrected chi connectivity index (χ1v) is 7.42. The number of hydrogen-bond donors (Lipinski definition) is 0. The molecule has 0 unspecified atom stereocenters. The van der Waals surface area contributed by atoms with Gasteiger partial charge >= 0.3 is 56.5 Å². The molecule has 2 rings (SSSR count). The Morgan fingerprint density at radius 1 is 0.808 bits per heavy atom. The van der Waals surface area contributed by atoms with Gasteiger partial charge in [-0.25, -0.2) is 0 Å². The van der Waals surface area contributed by atoms with Crippen LogP contribution in [0, 0.1) is 49.7 Å². The van der Waals surface area contributed by atoms with Crippen LogP contribution in [0.1, 0.15) is 26.3 Å². The third kappa shape index (κ3) is 12.6. The van der Waals surface area contributed by atoms with E-state index in [1.54, 1.807) is 0 Å². The van der Waals surface area contributed by atoms with Crippen LogP contribution in [0.4, 0.5) is 0 Å². The summed E-state index contributed by atoms with van der Waals surface area (Å²) in [5.74, 6) is 2.43. The van der Waals surface area contributed by atoms with E-state index in [9.17, 15) is 0 Å². The maximum atomic E-state index is 9.11. The van der Waals surface area contributed by atoms with Crippen molar-refractivity contribution in [2.75, 3.05) is 0 Å². The van der Waals surface area contributed by atoms with E-state index >= 15 is 0 Å². The van der Waals surface area contributed by atoms with Crippen LogP contribution < -0.4 is 0 Å². The third-order valence-electron chi connectivity index (χ3n) is 2.48. The van der Waals surface area contributed by atoms with Gasteiger partial charge in [-0.05, 0) is 16.3 Å². The molecule has 0 amide bonds. The second-order valence-electron chi connectivity index (χ2n) is 4.75. The number of benzene rings is 1. The molecule has 0 N–H and O–H groups in total. The van der Waals surface area contributed by atoms with Crippen LogP contribution in [-0.4, -0.2) is 0 Å². The van der Waals surface area contributed by atoms with Gasteiger partial charge in [0.15, 0.2) is 0 Å². The summed E-state index contributed by atoms with van der Waals surface area (Å²) >= 11 is 0. The van der Waals surface area contributed by atoms with Crippen LogP contribution in [0.3, 0.4) is 0 Å². The maximum Gasteiger partial charge on any atom is 0 e. The molecule has 1 aromatic carbocycles. The minimum Gasteiger partial charge on any atom is 0 e. The summed E-state index contributed by atoms with van der Waals surface area (Å²) in [7, 11) is -0.601. The normalized spacial score (nSPS) is 11.9. The van der Waals surface area contributed by atoms with Crippen LogP contribution >= 0.6 is 7.92 Å². The monoisotopic (exact) mass is 539 g/mol. The average molecular weight is 539 g/mol. The Balaban J connectivity index is -0.000000116. The van der Waals surface area contributed by atoms with Crippen molar-refractivity contribution in [1.82, 2.24) is 0 Å². The number of allylic oxidation sites excluding steroid dienone is 1. The van der Waals surface area contributed by atoms with Crippen molar-refractivity contribution in [3.63, 3.8) is 0 Å². The van der Waals surface area contributed by atoms with E-state index in [1.807, 2.05) is 18.2 Å². The van der Waals surface area contributed by atoms with E-state index < -0.39 is 7.92 Å². The van der Waals surface area contributed by atoms with Gasteiger partial charge in [-0.15, -0.1) is 0 Å². The first-order valence-electron chi connectivity index (χ1n) is 6.08. The Hall–Kier alpha value is -1.73. The van der Waals surface area contributed by atoms with Crippen LogP contribution in [0.2, 0.25) is 0 Å². The van der Waals surface area contributed by atoms with E-state index in [4.69, 9.17) is 28.5 Å². The minimum absolute atomic E-state index is 0. The summed E-state index contributed by atoms with van der Waals surface area (Å²) in [4.78, 5) is 0. The Bertz CT molecular complexity index is 626. The van der Waals surface area contributed by atoms with Crippen molar-refractivity contribution in [3.8, 4) is 5.81 Å². The number of hydrogen-bond acceptors (Lipinski definition) is 1. The summed E-state index contributed by atoms with van der Waals surface area (Å²) in [6, 6.07) is 10.3. The van der Waals surface area contributed by atoms with Crippen molar-refractivity contribution in [2.24, 2.45) is 5.41 Å². The van der Waals surface area contributed by atoms with Gasteiger partial charge in [-0.2, -0.15) is 5.26 Å². The topological polar surface area (TPSA) is 123 Å². The molecule has 26 heavy (non-hydrogen) atoms. The summed E-state index contributed by atoms with van der Waals surface area (Å²) in [6.45, 7) is 29.1. The quantitative estimate of drug-likeness (QED) is 0.297. The smallest absolute Gasteiger partial charge is 0 e. The first kappa shape index (κ1) is 35.4. The van der Waals surface area contributed by atoms with Crippen LogP contribution in [0.15, 0.2) is 35.6 Å². The zero-order valence-corrected chi connectivity index (χ0v) is 18.1. The molecule has 1 atom stereocenters. The van der Waals surface area contributed by atoms with Crippen molar-refractivity contribution < 1.29 is 44.3 Å². The molecular weight excluding hydrogens is 525 g/mol. The van der Waals surface area contributed by atoms with Gasteiger partial charge in [0.25, 0.3) is 0 Å². The molecule has 0 saturated heterocycles. The van der Waals surface area contributed by atoms with Gasteiger partial charge in [-0.1, -0.05) is 51.1 Å². The van der Waals surface area contributed by atoms with E-state index in [1.165, 1.54) is 16.2 Å². The number of nitriles is 1. The zero-order chi connectivity index (χ0) is 21.1. The summed E-state index contributed by atoms with van der Waals surface area (Å²) < 4.78 is 37.5. The van der Waals surface area contributed by atoms with E-state index in [0.29, 0.717) is 0 Å². The summed E-state index contributed by atoms with van der Waals surface area (Å²) in [5, 5.41) is 11.8. The van der Waals surface area contributed by atoms with Crippen molar-refractivity contribution in [3.05, 3.63) is 74.5 Å². The van der Waals surface area contributed by atoms with Crippen molar-refractivity contribution in [2.45, 2.75) is 20.8 Å². The Labute approximate surface area is 169 Å². The van der Waals surface area contributed by atoms with Crippen molar-refractivity contribution >= 4 is 13.2 Å². The number of rotatable bonds is 1. The molecule has 8 heteroatoms. The van der Waals surface area contributed by atoms with Gasteiger partial charge in [0.2, 0.25) is 0 Å². The van der Waals surface area contributed by atoms with Gasteiger partial charge in [0.05, 0.1) is 13.7 Å². The molecular formula is C18H14NO5PW. The predicted molar refractivity (Wildman–Crippen MR) is 85.0 cm³/mol. The molecule has 1 aliphatic rings. The third-order valence-corrected chi connectivity index (χ3v) is 4.73. The van der Waals surface area contributed by atoms with E-state index in [2.05, 4.69) is 72.0 Å². The maximum absolute atomic E-state index is 9.11. The van der Waals surface area contributed by atoms with Crippen LogP contribution in [0.25, 0.3) is 5.31 Å². The summed E-state index contributed by atoms with van der Waals surface area (Å²) in [5.41, 5.74) is 1.38. The fraction of sp³-hybridized carbons (Fsp3) is 0.222. The predicted octanol–water partition coefficient (Wildman–Crippen LogP) is 4.19. The fourth-order valence-corrected chi connectivity index (χ4v) is 4.04. The van der Waals surface area contributed by atoms with Gasteiger partial charge < -0.3 is 0 Å². The van der Waals surface area contributed by atoms with E-state index in [0.717, 1.165) is 0 Å². The minimum atomic E-state index is -0.601. The average Bonchev–Trinajstić information content (AvgIpc) is 3.46. The molecule has 0 radical (unpaired) electrons. The second kappa shape index (κ2) is 23.3. The molecule has 0 aromatic heterocycles. The SMILES string of the molecule is CC(C)(C)C1=C(c2ccccc2)[P@]1C#N.[C-]#[O+].[C-]#[O+].[C-]#[O+].[C-]#[O+].[C-]#[O+].[W]. The molecule has 0 saturated carbocycles. The number of nitrogens with zero attached hydrogens (tertiary/aromatic N) is 1. The Morgan fingerprint density at radius 3 is 1.38 bits per heavy atom. The van der Waals surface area contributed by atoms with Gasteiger partial charge in [0, 0.05) is 26.4 Å². The van der Waals surface area contributed by atoms with E-state index in [-0.39, 0.29) is 26.5 Å². The zero-order valence-electron chi connectivity index (χ0n) is 14.2. The van der Waals surface area contributed by atoms with Gasteiger partial charge in [-0.3, -0.25) is 0 Å². The fourth-order valence-electron chi connectivity index (χ4n) is 1.82. The molecule has 1 aliphatic heterocycles. The molecule has 0 fully saturated rings.